The minimum atomic E-state index is -5.14. The summed E-state index contributed by atoms with van der Waals surface area (Å²) in [6, 6.07) is 11.6. The van der Waals surface area contributed by atoms with E-state index in [0.29, 0.717) is 31.7 Å². The van der Waals surface area contributed by atoms with Crippen LogP contribution in [0.25, 0.3) is 21.5 Å². The van der Waals surface area contributed by atoms with Gasteiger partial charge in [0.15, 0.2) is 5.75 Å². The molecule has 1 saturated heterocycles. The van der Waals surface area contributed by atoms with Gasteiger partial charge in [-0.05, 0) is 35.0 Å². The molecule has 52 heavy (non-hydrogen) atoms. The van der Waals surface area contributed by atoms with Crippen LogP contribution in [0.5, 0.6) is 5.75 Å². The van der Waals surface area contributed by atoms with Crippen LogP contribution in [0.1, 0.15) is 0 Å². The minimum Gasteiger partial charge on any atom is -0.744 e. The van der Waals surface area contributed by atoms with E-state index in [0.717, 1.165) is 18.2 Å². The number of hydrogen-bond acceptors (Lipinski definition) is 19. The second-order valence-electron chi connectivity index (χ2n) is 10.1. The van der Waals surface area contributed by atoms with E-state index in [2.05, 4.69) is 39.9 Å². The summed E-state index contributed by atoms with van der Waals surface area (Å²) >= 11 is 0.192. The number of anilines is 3. The Morgan fingerprint density at radius 1 is 0.923 bits per heavy atom. The van der Waals surface area contributed by atoms with Gasteiger partial charge >= 0.3 is 94.8 Å². The van der Waals surface area contributed by atoms with Crippen LogP contribution in [0.4, 0.5) is 33.3 Å². The van der Waals surface area contributed by atoms with Crippen molar-refractivity contribution in [3.05, 3.63) is 60.7 Å². The van der Waals surface area contributed by atoms with Crippen LogP contribution in [-0.2, 0) is 34.3 Å². The number of fused-ring (bicyclic) bond motifs is 2. The molecule has 1 aromatic heterocycles. The number of aromatic nitrogens is 3. The Morgan fingerprint density at radius 3 is 2.31 bits per heavy atom. The number of hydrogen-bond donors (Lipinski definition) is 2. The van der Waals surface area contributed by atoms with Gasteiger partial charge in [0.1, 0.15) is 31.6 Å². The molecule has 256 valence electrons. The van der Waals surface area contributed by atoms with Crippen LogP contribution in [0.3, 0.4) is 0 Å². The standard InChI is InChI=1S/C27H22FN7O11S3.3Na/c28-25-30-26(32-27(31-25)35-7-9-44-10-8-35)29-19-13-16(48(38,39)40)11-15-12-20(47-46-45-37)22(23(36)21(15)19)34-33-18-6-5-14-3-1-2-4-17(14)24(18)49(41,42)43;;;/h1-6,11-13,36-37H,7-10H2,(H,38,39,40)(H,41,42,43)(H,29,30,31,32);;;/q;3*+1/p-3. The second kappa shape index (κ2) is 18.8. The molecule has 5 aromatic rings. The molecule has 4 aromatic carbocycles. The van der Waals surface area contributed by atoms with Crippen LogP contribution in [0, 0.1) is 6.08 Å². The summed E-state index contributed by atoms with van der Waals surface area (Å²) in [5, 5.41) is 36.1. The molecule has 1 aliphatic rings. The van der Waals surface area contributed by atoms with Crippen LogP contribution in [-0.4, -0.2) is 72.3 Å². The number of nitrogens with zero attached hydrogens (tertiary/aromatic N) is 6. The fourth-order valence-electron chi connectivity index (χ4n) is 5.01. The normalized spacial score (nSPS) is 13.4. The van der Waals surface area contributed by atoms with Crippen LogP contribution in [0.15, 0.2) is 79.5 Å². The van der Waals surface area contributed by atoms with Gasteiger partial charge in [-0.3, -0.25) is 5.04 Å². The second-order valence-corrected chi connectivity index (χ2v) is 13.5. The minimum absolute atomic E-state index is 0. The van der Waals surface area contributed by atoms with E-state index >= 15 is 0 Å². The molecule has 0 unspecified atom stereocenters. The Morgan fingerprint density at radius 2 is 1.63 bits per heavy atom. The average molecular weight is 802 g/mol. The third-order valence-corrected chi connectivity index (χ3v) is 9.42. The Balaban J connectivity index is 0.00000243. The van der Waals surface area contributed by atoms with Crippen molar-refractivity contribution >= 4 is 82.8 Å². The Kier molecular flexibility index (Phi) is 16.2. The van der Waals surface area contributed by atoms with Gasteiger partial charge in [0.25, 0.3) is 0 Å². The van der Waals surface area contributed by atoms with Crippen LogP contribution in [0.2, 0.25) is 0 Å². The molecule has 0 amide bonds. The van der Waals surface area contributed by atoms with Crippen molar-refractivity contribution in [1.82, 2.24) is 15.0 Å². The topological polar surface area (TPSA) is 264 Å². The van der Waals surface area contributed by atoms with Crippen LogP contribution >= 0.6 is 12.0 Å². The van der Waals surface area contributed by atoms with Crippen molar-refractivity contribution in [2.75, 3.05) is 36.5 Å². The number of phenols is 1. The fraction of sp³-hybridized carbons (Fsp3) is 0.148. The molecule has 0 bridgehead atoms. The molecule has 0 aliphatic carbocycles. The molecule has 1 fully saturated rings. The molecule has 1 aliphatic heterocycles. The number of benzene rings is 4. The molecule has 25 heteroatoms. The van der Waals surface area contributed by atoms with Gasteiger partial charge in [-0.25, -0.2) is 16.8 Å². The van der Waals surface area contributed by atoms with Gasteiger partial charge in [-0.15, -0.1) is 10.2 Å². The molecule has 6 rings (SSSR count). The number of phenolic OH excluding ortho intramolecular Hbond substituents is 1. The summed E-state index contributed by atoms with van der Waals surface area (Å²) in [6.07, 6.45) is -1.21. The summed E-state index contributed by atoms with van der Waals surface area (Å²) in [4.78, 5) is 11.3. The van der Waals surface area contributed by atoms with Gasteiger partial charge in [0.2, 0.25) is 11.9 Å². The first-order chi connectivity index (χ1) is 23.3. The van der Waals surface area contributed by atoms with Crippen molar-refractivity contribution in [1.29, 1.82) is 0 Å². The van der Waals surface area contributed by atoms with Crippen molar-refractivity contribution in [3.8, 4) is 5.75 Å². The van der Waals surface area contributed by atoms with Gasteiger partial charge in [0.05, 0.1) is 45.6 Å². The third-order valence-electron chi connectivity index (χ3n) is 7.07. The number of morpholine rings is 1. The van der Waals surface area contributed by atoms with E-state index in [1.165, 1.54) is 24.3 Å². The predicted octanol–water partition coefficient (Wildman–Crippen LogP) is -5.93. The van der Waals surface area contributed by atoms with Gasteiger partial charge in [-0.2, -0.15) is 23.7 Å². The summed E-state index contributed by atoms with van der Waals surface area (Å²) in [6.45, 7) is 1.29. The molecule has 18 nitrogen and oxygen atoms in total. The summed E-state index contributed by atoms with van der Waals surface area (Å²) < 4.78 is 97.4. The van der Waals surface area contributed by atoms with E-state index in [9.17, 15) is 40.7 Å². The van der Waals surface area contributed by atoms with E-state index in [1.807, 2.05) is 0 Å². The third kappa shape index (κ3) is 10.1. The van der Waals surface area contributed by atoms with Crippen LogP contribution < -0.4 is 104 Å². The number of ether oxygens (including phenoxy) is 1. The monoisotopic (exact) mass is 801 g/mol. The first-order valence-electron chi connectivity index (χ1n) is 13.7. The molecular formula is C27H19FN7Na3O11S3. The maximum atomic E-state index is 14.6. The molecule has 0 saturated carbocycles. The van der Waals surface area contributed by atoms with E-state index < -0.39 is 59.2 Å². The van der Waals surface area contributed by atoms with E-state index in [-0.39, 0.29) is 133 Å². The number of nitrogens with one attached hydrogen (secondary N) is 1. The van der Waals surface area contributed by atoms with Crippen molar-refractivity contribution in [3.63, 3.8) is 0 Å². The number of aromatic hydroxyl groups is 1. The average Bonchev–Trinajstić information content (AvgIpc) is 3.05. The number of azo groups is 1. The quantitative estimate of drug-likeness (QED) is 0.0333. The fourth-order valence-corrected chi connectivity index (χ4v) is 6.86. The molecule has 0 atom stereocenters. The van der Waals surface area contributed by atoms with Gasteiger partial charge < -0.3 is 34.4 Å². The maximum Gasteiger partial charge on any atom is 1.00 e. The summed E-state index contributed by atoms with van der Waals surface area (Å²) in [5.41, 5.74) is -1.23. The zero-order chi connectivity index (χ0) is 34.9. The molecule has 2 heterocycles. The van der Waals surface area contributed by atoms with Crippen molar-refractivity contribution in [2.24, 2.45) is 10.2 Å². The Bertz CT molecular complexity index is 2360. The maximum absolute atomic E-state index is 14.6. The van der Waals surface area contributed by atoms with E-state index in [4.69, 9.17) is 4.74 Å². The zero-order valence-electron chi connectivity index (χ0n) is 27.3. The van der Waals surface area contributed by atoms with Crippen molar-refractivity contribution < 1.29 is 143 Å². The predicted molar refractivity (Wildman–Crippen MR) is 164 cm³/mol. The van der Waals surface area contributed by atoms with Crippen molar-refractivity contribution in [2.45, 2.75) is 14.7 Å². The summed E-state index contributed by atoms with van der Waals surface area (Å²) in [7, 11) is -10.3. The van der Waals surface area contributed by atoms with Gasteiger partial charge in [0, 0.05) is 23.9 Å². The molecule has 0 radical (unpaired) electrons. The first-order valence-corrected chi connectivity index (χ1v) is 17.2. The Hall–Kier alpha value is -1.65. The van der Waals surface area contributed by atoms with E-state index in [1.54, 1.807) is 17.0 Å². The molecule has 0 spiro atoms. The molecular weight excluding hydrogens is 783 g/mol. The Labute approximate surface area is 365 Å². The zero-order valence-corrected chi connectivity index (χ0v) is 35.8. The SMILES string of the molecule is O=S(=O)([O-])c1cc(Nc2nc(F)nc(N3CCOCC3)n2)c2c(O)c(N=Nc3ccc4ccccc4c3S(=O)(=O)[O-])c(SOO[O-])cc2c1.[Na+].[Na+].[Na+]. The first kappa shape index (κ1) is 44.7. The molecule has 2 N–H and O–H groups in total. The number of rotatable bonds is 10. The largest absolute Gasteiger partial charge is 1.00 e. The smallest absolute Gasteiger partial charge is 0.744 e. The van der Waals surface area contributed by atoms with Gasteiger partial charge in [-0.1, -0.05) is 30.3 Å². The summed E-state index contributed by atoms with van der Waals surface area (Å²) in [5.74, 6) is -1.31. The number of halogens is 1.